The number of benzene rings is 1. The Morgan fingerprint density at radius 1 is 1.33 bits per heavy atom. The topological polar surface area (TPSA) is 70.2 Å². The second kappa shape index (κ2) is 8.55. The summed E-state index contributed by atoms with van der Waals surface area (Å²) in [7, 11) is 0. The largest absolute Gasteiger partial charge is 0.488 e. The van der Waals surface area contributed by atoms with Gasteiger partial charge in [0.1, 0.15) is 12.5 Å². The second-order valence-electron chi connectivity index (χ2n) is 8.04. The number of aromatic amines is 1. The number of rotatable bonds is 6. The van der Waals surface area contributed by atoms with Crippen LogP contribution < -0.4 is 10.1 Å². The lowest BCUT2D eigenvalue weighted by Gasteiger charge is -2.30. The summed E-state index contributed by atoms with van der Waals surface area (Å²) < 4.78 is 32.3. The van der Waals surface area contributed by atoms with Crippen LogP contribution in [0.3, 0.4) is 0 Å². The zero-order chi connectivity index (χ0) is 21.3. The van der Waals surface area contributed by atoms with Gasteiger partial charge in [0.15, 0.2) is 11.6 Å². The van der Waals surface area contributed by atoms with Crippen molar-refractivity contribution < 1.29 is 18.3 Å². The molecule has 0 radical (unpaired) electrons. The fourth-order valence-electron chi connectivity index (χ4n) is 4.02. The number of alkyl halides is 1. The van der Waals surface area contributed by atoms with Gasteiger partial charge in [-0.05, 0) is 51.9 Å². The molecule has 0 saturated carbocycles. The lowest BCUT2D eigenvalue weighted by atomic mass is 9.96. The number of carbonyl (C=O) groups excluding carboxylic acids is 1. The molecule has 1 aromatic heterocycles. The van der Waals surface area contributed by atoms with Crippen LogP contribution >= 0.6 is 0 Å². The van der Waals surface area contributed by atoms with Crippen molar-refractivity contribution in [2.75, 3.05) is 31.6 Å². The summed E-state index contributed by atoms with van der Waals surface area (Å²) in [6.45, 7) is 5.51. The maximum absolute atomic E-state index is 14.2. The fraction of sp³-hybridized carbons (Fsp3) is 0.455. The summed E-state index contributed by atoms with van der Waals surface area (Å²) in [4.78, 5) is 22.4. The zero-order valence-electron chi connectivity index (χ0n) is 17.2. The van der Waals surface area contributed by atoms with Crippen LogP contribution in [0.1, 0.15) is 49.7 Å². The molecule has 8 heteroatoms. The molecule has 3 heterocycles. The summed E-state index contributed by atoms with van der Waals surface area (Å²) in [6.07, 6.45) is 5.09. The van der Waals surface area contributed by atoms with E-state index in [1.807, 2.05) is 13.8 Å². The Morgan fingerprint density at radius 3 is 2.80 bits per heavy atom. The number of hydrogen-bond acceptors (Lipinski definition) is 4. The molecule has 1 fully saturated rings. The Kier molecular flexibility index (Phi) is 5.85. The molecule has 0 atom stereocenters. The second-order valence-corrected chi connectivity index (χ2v) is 8.04. The van der Waals surface area contributed by atoms with E-state index in [2.05, 4.69) is 20.2 Å². The van der Waals surface area contributed by atoms with E-state index >= 15 is 0 Å². The molecule has 1 aromatic carbocycles. The van der Waals surface area contributed by atoms with E-state index in [-0.39, 0.29) is 30.4 Å². The predicted octanol–water partition coefficient (Wildman–Crippen LogP) is 3.98. The highest BCUT2D eigenvalue weighted by Crippen LogP contribution is 2.37. The fourth-order valence-corrected chi connectivity index (χ4v) is 4.02. The first-order chi connectivity index (χ1) is 14.4. The lowest BCUT2D eigenvalue weighted by Crippen LogP contribution is -2.34. The first kappa shape index (κ1) is 20.5. The van der Waals surface area contributed by atoms with Gasteiger partial charge in [-0.3, -0.25) is 4.79 Å². The minimum Gasteiger partial charge on any atom is -0.488 e. The SMILES string of the molecule is CC(C)Oc1cc2c(cc1F)NC(=O)/C2=C\c1cnc(C2CCN(CCF)CC2)[nH]1. The Bertz CT molecular complexity index is 962. The highest BCUT2D eigenvalue weighted by Gasteiger charge is 2.27. The molecule has 6 nitrogen and oxygen atoms in total. The molecule has 1 saturated heterocycles. The average Bonchev–Trinajstić information content (AvgIpc) is 3.28. The molecule has 0 spiro atoms. The highest BCUT2D eigenvalue weighted by atomic mass is 19.1. The summed E-state index contributed by atoms with van der Waals surface area (Å²) in [5.74, 6) is 0.492. The molecule has 0 aliphatic carbocycles. The maximum atomic E-state index is 14.2. The number of likely N-dealkylation sites (tertiary alicyclic amines) is 1. The van der Waals surface area contributed by atoms with Crippen molar-refractivity contribution in [3.63, 3.8) is 0 Å². The Labute approximate surface area is 174 Å². The van der Waals surface area contributed by atoms with Crippen LogP contribution in [-0.2, 0) is 4.79 Å². The van der Waals surface area contributed by atoms with E-state index in [0.717, 1.165) is 31.8 Å². The van der Waals surface area contributed by atoms with Crippen molar-refractivity contribution in [2.45, 2.75) is 38.7 Å². The van der Waals surface area contributed by atoms with Crippen LogP contribution in [0.25, 0.3) is 11.6 Å². The van der Waals surface area contributed by atoms with Crippen LogP contribution in [0.2, 0.25) is 0 Å². The number of H-pyrrole nitrogens is 1. The summed E-state index contributed by atoms with van der Waals surface area (Å²) in [5, 5.41) is 2.70. The third-order valence-corrected chi connectivity index (χ3v) is 5.51. The van der Waals surface area contributed by atoms with Crippen LogP contribution in [0, 0.1) is 5.82 Å². The number of aromatic nitrogens is 2. The van der Waals surface area contributed by atoms with E-state index < -0.39 is 5.82 Å². The maximum Gasteiger partial charge on any atom is 0.256 e. The Morgan fingerprint density at radius 2 is 2.10 bits per heavy atom. The number of amides is 1. The van der Waals surface area contributed by atoms with E-state index in [0.29, 0.717) is 29.1 Å². The molecule has 0 bridgehead atoms. The monoisotopic (exact) mass is 416 g/mol. The number of imidazole rings is 1. The standard InChI is InChI=1S/C22H26F2N4O2/c1-13(2)30-20-10-16-17(22(29)27-19(16)11-18(20)24)9-15-12-25-21(26-15)14-3-6-28(7-4-14)8-5-23/h9-14H,3-8H2,1-2H3,(H,25,26)(H,27,29)/b17-9-. The van der Waals surface area contributed by atoms with Gasteiger partial charge in [0.2, 0.25) is 0 Å². The van der Waals surface area contributed by atoms with Gasteiger partial charge in [0, 0.05) is 24.1 Å². The van der Waals surface area contributed by atoms with Crippen molar-refractivity contribution in [2.24, 2.45) is 0 Å². The predicted molar refractivity (Wildman–Crippen MR) is 112 cm³/mol. The van der Waals surface area contributed by atoms with Gasteiger partial charge in [-0.15, -0.1) is 0 Å². The number of anilines is 1. The number of nitrogens with zero attached hydrogens (tertiary/aromatic N) is 2. The van der Waals surface area contributed by atoms with Crippen molar-refractivity contribution in [1.82, 2.24) is 14.9 Å². The molecule has 2 N–H and O–H groups in total. The number of carbonyl (C=O) groups is 1. The van der Waals surface area contributed by atoms with E-state index in [1.54, 1.807) is 18.3 Å². The first-order valence-electron chi connectivity index (χ1n) is 10.3. The quantitative estimate of drug-likeness (QED) is 0.699. The lowest BCUT2D eigenvalue weighted by molar-refractivity contribution is -0.110. The van der Waals surface area contributed by atoms with Crippen molar-refractivity contribution >= 4 is 23.2 Å². The normalized spacial score (nSPS) is 18.8. The van der Waals surface area contributed by atoms with Crippen LogP contribution in [0.5, 0.6) is 5.75 Å². The van der Waals surface area contributed by atoms with Crippen LogP contribution in [-0.4, -0.2) is 53.2 Å². The molecule has 1 amide bonds. The van der Waals surface area contributed by atoms with Gasteiger partial charge in [-0.25, -0.2) is 13.8 Å². The van der Waals surface area contributed by atoms with Crippen LogP contribution in [0.15, 0.2) is 18.3 Å². The van der Waals surface area contributed by atoms with E-state index in [9.17, 15) is 13.6 Å². The van der Waals surface area contributed by atoms with Crippen molar-refractivity contribution in [3.05, 3.63) is 41.2 Å². The third kappa shape index (κ3) is 4.23. The number of fused-ring (bicyclic) bond motifs is 1. The van der Waals surface area contributed by atoms with Crippen molar-refractivity contribution in [1.29, 1.82) is 0 Å². The molecule has 4 rings (SSSR count). The highest BCUT2D eigenvalue weighted by molar-refractivity contribution is 6.34. The summed E-state index contributed by atoms with van der Waals surface area (Å²) in [5.41, 5.74) is 2.18. The molecule has 2 aromatic rings. The minimum atomic E-state index is -0.507. The van der Waals surface area contributed by atoms with Gasteiger partial charge in [0.25, 0.3) is 5.91 Å². The van der Waals surface area contributed by atoms with Gasteiger partial charge in [0.05, 0.1) is 29.3 Å². The number of ether oxygens (including phenoxy) is 1. The van der Waals surface area contributed by atoms with Gasteiger partial charge in [-0.2, -0.15) is 0 Å². The third-order valence-electron chi connectivity index (χ3n) is 5.51. The zero-order valence-corrected chi connectivity index (χ0v) is 17.2. The smallest absolute Gasteiger partial charge is 0.256 e. The van der Waals surface area contributed by atoms with Crippen LogP contribution in [0.4, 0.5) is 14.5 Å². The molecule has 2 aliphatic heterocycles. The summed E-state index contributed by atoms with van der Waals surface area (Å²) in [6, 6.07) is 2.85. The molecule has 160 valence electrons. The first-order valence-corrected chi connectivity index (χ1v) is 10.3. The summed E-state index contributed by atoms with van der Waals surface area (Å²) >= 11 is 0. The van der Waals surface area contributed by atoms with E-state index in [1.165, 1.54) is 6.07 Å². The number of halogens is 2. The molecular weight excluding hydrogens is 390 g/mol. The minimum absolute atomic E-state index is 0.122. The van der Waals surface area contributed by atoms with Crippen molar-refractivity contribution in [3.8, 4) is 5.75 Å². The molecule has 2 aliphatic rings. The number of nitrogens with one attached hydrogen (secondary N) is 2. The average molecular weight is 416 g/mol. The molecular formula is C22H26F2N4O2. The molecule has 0 unspecified atom stereocenters. The molecule has 30 heavy (non-hydrogen) atoms. The number of hydrogen-bond donors (Lipinski definition) is 2. The van der Waals surface area contributed by atoms with Gasteiger partial charge < -0.3 is 19.9 Å². The Balaban J connectivity index is 1.55. The Hall–Kier alpha value is -2.74. The number of piperidine rings is 1. The van der Waals surface area contributed by atoms with E-state index in [4.69, 9.17) is 4.74 Å². The van der Waals surface area contributed by atoms with Gasteiger partial charge >= 0.3 is 0 Å². The van der Waals surface area contributed by atoms with Gasteiger partial charge in [-0.1, -0.05) is 0 Å².